The molecule has 0 spiro atoms. The Labute approximate surface area is 93.2 Å². The van der Waals surface area contributed by atoms with Crippen LogP contribution in [0.3, 0.4) is 0 Å². The lowest BCUT2D eigenvalue weighted by atomic mass is 10.2. The lowest BCUT2D eigenvalue weighted by Gasteiger charge is -1.99. The van der Waals surface area contributed by atoms with E-state index in [-0.39, 0.29) is 0 Å². The van der Waals surface area contributed by atoms with Crippen molar-refractivity contribution < 1.29 is 4.42 Å². The molecule has 0 unspecified atom stereocenters. The zero-order valence-electron chi connectivity index (χ0n) is 8.27. The fraction of sp³-hybridized carbons (Fsp3) is 0.0833. The van der Waals surface area contributed by atoms with Crippen LogP contribution in [-0.4, -0.2) is 6.21 Å². The molecule has 0 saturated heterocycles. The molecular weight excluding hydrogens is 210 g/mol. The van der Waals surface area contributed by atoms with Crippen molar-refractivity contribution in [3.8, 4) is 0 Å². The molecule has 1 heterocycles. The first kappa shape index (κ1) is 9.99. The van der Waals surface area contributed by atoms with Gasteiger partial charge in [-0.15, -0.1) is 0 Å². The summed E-state index contributed by atoms with van der Waals surface area (Å²) >= 11 is 5.85. The summed E-state index contributed by atoms with van der Waals surface area (Å²) in [6, 6.07) is 9.28. The van der Waals surface area contributed by atoms with Gasteiger partial charge in [0.2, 0.25) is 0 Å². The standard InChI is InChI=1S/C12H10ClNO/c1-9-7-10(13)4-5-12(9)14-8-11-3-2-6-15-11/h2-8H,1H3. The van der Waals surface area contributed by atoms with E-state index in [2.05, 4.69) is 4.99 Å². The van der Waals surface area contributed by atoms with Crippen molar-refractivity contribution in [2.24, 2.45) is 4.99 Å². The number of nitrogens with zero attached hydrogens (tertiary/aromatic N) is 1. The van der Waals surface area contributed by atoms with Crippen molar-refractivity contribution in [3.05, 3.63) is 52.9 Å². The summed E-state index contributed by atoms with van der Waals surface area (Å²) in [6.07, 6.45) is 3.31. The number of hydrogen-bond acceptors (Lipinski definition) is 2. The van der Waals surface area contributed by atoms with Crippen molar-refractivity contribution in [3.63, 3.8) is 0 Å². The third kappa shape index (κ3) is 2.48. The van der Waals surface area contributed by atoms with Crippen LogP contribution in [-0.2, 0) is 0 Å². The second-order valence-electron chi connectivity index (χ2n) is 3.20. The Kier molecular flexibility index (Phi) is 2.88. The van der Waals surface area contributed by atoms with Crippen LogP contribution in [0.2, 0.25) is 5.02 Å². The van der Waals surface area contributed by atoms with E-state index in [1.165, 1.54) is 0 Å². The minimum Gasteiger partial charge on any atom is -0.463 e. The van der Waals surface area contributed by atoms with Crippen LogP contribution < -0.4 is 0 Å². The van der Waals surface area contributed by atoms with Gasteiger partial charge in [0, 0.05) is 5.02 Å². The van der Waals surface area contributed by atoms with E-state index in [0.29, 0.717) is 0 Å². The van der Waals surface area contributed by atoms with Gasteiger partial charge in [0.25, 0.3) is 0 Å². The summed E-state index contributed by atoms with van der Waals surface area (Å²) in [6.45, 7) is 1.97. The highest BCUT2D eigenvalue weighted by Crippen LogP contribution is 2.22. The van der Waals surface area contributed by atoms with E-state index >= 15 is 0 Å². The van der Waals surface area contributed by atoms with Gasteiger partial charge >= 0.3 is 0 Å². The van der Waals surface area contributed by atoms with Gasteiger partial charge in [-0.1, -0.05) is 11.6 Å². The van der Waals surface area contributed by atoms with Crippen molar-refractivity contribution in [1.82, 2.24) is 0 Å². The predicted molar refractivity (Wildman–Crippen MR) is 62.2 cm³/mol. The highest BCUT2D eigenvalue weighted by molar-refractivity contribution is 6.30. The van der Waals surface area contributed by atoms with Crippen molar-refractivity contribution >= 4 is 23.5 Å². The number of hydrogen-bond donors (Lipinski definition) is 0. The number of benzene rings is 1. The molecule has 2 nitrogen and oxygen atoms in total. The van der Waals surface area contributed by atoms with Crippen LogP contribution in [0, 0.1) is 6.92 Å². The Morgan fingerprint density at radius 1 is 1.33 bits per heavy atom. The normalized spacial score (nSPS) is 11.1. The zero-order chi connectivity index (χ0) is 10.7. The Morgan fingerprint density at radius 2 is 2.20 bits per heavy atom. The molecule has 2 aromatic rings. The Morgan fingerprint density at radius 3 is 2.87 bits per heavy atom. The molecule has 0 amide bonds. The van der Waals surface area contributed by atoms with Crippen LogP contribution >= 0.6 is 11.6 Å². The minimum absolute atomic E-state index is 0.726. The number of furan rings is 1. The van der Waals surface area contributed by atoms with Gasteiger partial charge in [0.1, 0.15) is 5.76 Å². The van der Waals surface area contributed by atoms with Crippen LogP contribution in [0.15, 0.2) is 46.0 Å². The molecule has 0 bridgehead atoms. The first-order valence-electron chi connectivity index (χ1n) is 4.59. The Bertz CT molecular complexity index is 474. The smallest absolute Gasteiger partial charge is 0.144 e. The van der Waals surface area contributed by atoms with E-state index in [4.69, 9.17) is 16.0 Å². The highest BCUT2D eigenvalue weighted by atomic mass is 35.5. The number of aliphatic imine (C=N–C) groups is 1. The topological polar surface area (TPSA) is 25.5 Å². The molecule has 76 valence electrons. The maximum atomic E-state index is 5.85. The minimum atomic E-state index is 0.726. The number of rotatable bonds is 2. The maximum absolute atomic E-state index is 5.85. The molecule has 0 aliphatic carbocycles. The van der Waals surface area contributed by atoms with Crippen LogP contribution in [0.4, 0.5) is 5.69 Å². The average Bonchev–Trinajstić information content (AvgIpc) is 2.69. The van der Waals surface area contributed by atoms with Gasteiger partial charge in [-0.05, 0) is 42.8 Å². The summed E-state index contributed by atoms with van der Waals surface area (Å²) in [5.74, 6) is 0.740. The highest BCUT2D eigenvalue weighted by Gasteiger charge is 1.96. The monoisotopic (exact) mass is 219 g/mol. The molecule has 0 fully saturated rings. The maximum Gasteiger partial charge on any atom is 0.144 e. The summed E-state index contributed by atoms with van der Waals surface area (Å²) in [4.78, 5) is 4.31. The van der Waals surface area contributed by atoms with Crippen LogP contribution in [0.1, 0.15) is 11.3 Å². The molecule has 0 saturated carbocycles. The number of aryl methyl sites for hydroxylation is 1. The molecule has 1 aromatic heterocycles. The largest absolute Gasteiger partial charge is 0.463 e. The molecule has 0 aliphatic rings. The van der Waals surface area contributed by atoms with E-state index in [1.54, 1.807) is 12.5 Å². The van der Waals surface area contributed by atoms with Gasteiger partial charge in [0.05, 0.1) is 18.2 Å². The van der Waals surface area contributed by atoms with E-state index < -0.39 is 0 Å². The summed E-state index contributed by atoms with van der Waals surface area (Å²) in [5, 5.41) is 0.726. The van der Waals surface area contributed by atoms with E-state index in [0.717, 1.165) is 22.0 Å². The van der Waals surface area contributed by atoms with Crippen LogP contribution in [0.5, 0.6) is 0 Å². The first-order valence-corrected chi connectivity index (χ1v) is 4.97. The van der Waals surface area contributed by atoms with E-state index in [1.807, 2.05) is 37.3 Å². The van der Waals surface area contributed by atoms with Gasteiger partial charge in [0.15, 0.2) is 0 Å². The second kappa shape index (κ2) is 4.32. The quantitative estimate of drug-likeness (QED) is 0.701. The number of halogens is 1. The average molecular weight is 220 g/mol. The molecule has 2 rings (SSSR count). The molecule has 0 atom stereocenters. The van der Waals surface area contributed by atoms with Gasteiger partial charge < -0.3 is 4.42 Å². The fourth-order valence-corrected chi connectivity index (χ4v) is 1.49. The fourth-order valence-electron chi connectivity index (χ4n) is 1.26. The molecule has 1 aromatic carbocycles. The Hall–Kier alpha value is -1.54. The summed E-state index contributed by atoms with van der Waals surface area (Å²) in [7, 11) is 0. The molecular formula is C12H10ClNO. The second-order valence-corrected chi connectivity index (χ2v) is 3.64. The zero-order valence-corrected chi connectivity index (χ0v) is 9.03. The van der Waals surface area contributed by atoms with E-state index in [9.17, 15) is 0 Å². The van der Waals surface area contributed by atoms with Crippen molar-refractivity contribution in [2.45, 2.75) is 6.92 Å². The third-order valence-corrected chi connectivity index (χ3v) is 2.27. The predicted octanol–water partition coefficient (Wildman–Crippen LogP) is 3.99. The van der Waals surface area contributed by atoms with Gasteiger partial charge in [-0.2, -0.15) is 0 Å². The SMILES string of the molecule is Cc1cc(Cl)ccc1N=Cc1ccco1. The molecule has 15 heavy (non-hydrogen) atoms. The summed E-state index contributed by atoms with van der Waals surface area (Å²) in [5.41, 5.74) is 1.95. The molecule has 3 heteroatoms. The summed E-state index contributed by atoms with van der Waals surface area (Å²) < 4.78 is 5.14. The third-order valence-electron chi connectivity index (χ3n) is 2.03. The molecule has 0 aliphatic heterocycles. The van der Waals surface area contributed by atoms with Crippen molar-refractivity contribution in [1.29, 1.82) is 0 Å². The first-order chi connectivity index (χ1) is 7.25. The molecule has 0 radical (unpaired) electrons. The van der Waals surface area contributed by atoms with Crippen molar-refractivity contribution in [2.75, 3.05) is 0 Å². The van der Waals surface area contributed by atoms with Crippen LogP contribution in [0.25, 0.3) is 0 Å². The Balaban J connectivity index is 2.24. The van der Waals surface area contributed by atoms with Gasteiger partial charge in [-0.3, -0.25) is 4.99 Å². The molecule has 0 N–H and O–H groups in total. The lowest BCUT2D eigenvalue weighted by Crippen LogP contribution is -1.77. The van der Waals surface area contributed by atoms with Gasteiger partial charge in [-0.25, -0.2) is 0 Å². The lowest BCUT2D eigenvalue weighted by molar-refractivity contribution is 0.560.